The fourth-order valence-corrected chi connectivity index (χ4v) is 4.46. The van der Waals surface area contributed by atoms with Crippen LogP contribution in [0.25, 0.3) is 5.76 Å². The van der Waals surface area contributed by atoms with E-state index in [1.807, 2.05) is 13.8 Å². The van der Waals surface area contributed by atoms with E-state index in [-0.39, 0.29) is 40.3 Å². The van der Waals surface area contributed by atoms with Crippen molar-refractivity contribution in [3.63, 3.8) is 0 Å². The number of methoxy groups -OCH3 is 4. The smallest absolute Gasteiger partial charge is 0.295 e. The van der Waals surface area contributed by atoms with Crippen LogP contribution in [0.15, 0.2) is 35.9 Å². The molecular weight excluding hydrogens is 502 g/mol. The molecule has 1 saturated heterocycles. The number of nitrogens with zero attached hydrogens (tertiary/aromatic N) is 1. The standard InChI is InChI=1S/C27H32ClNO8/c1-15(2)37-11-7-10-29-24(16-8-9-19(33-3)22(12-16)36-6)23(26(31)27(29)32)25(30)17-13-21(35-5)18(28)14-20(17)34-4/h8-9,12-15,24,30H,7,10-11H2,1-6H3/b25-23+. The fourth-order valence-electron chi connectivity index (χ4n) is 4.22. The molecule has 1 unspecified atom stereocenters. The van der Waals surface area contributed by atoms with Crippen molar-refractivity contribution < 1.29 is 38.4 Å². The van der Waals surface area contributed by atoms with Gasteiger partial charge in [-0.25, -0.2) is 0 Å². The third-order valence-electron chi connectivity index (χ3n) is 5.99. The molecule has 0 bridgehead atoms. The zero-order valence-electron chi connectivity index (χ0n) is 21.8. The molecule has 1 heterocycles. The van der Waals surface area contributed by atoms with Crippen LogP contribution in [0.4, 0.5) is 0 Å². The molecule has 2 aromatic carbocycles. The third-order valence-corrected chi connectivity index (χ3v) is 6.28. The van der Waals surface area contributed by atoms with Gasteiger partial charge in [0.15, 0.2) is 11.5 Å². The van der Waals surface area contributed by atoms with Crippen molar-refractivity contribution in [3.8, 4) is 23.0 Å². The van der Waals surface area contributed by atoms with Crippen LogP contribution in [0.1, 0.15) is 37.4 Å². The van der Waals surface area contributed by atoms with Crippen molar-refractivity contribution in [1.82, 2.24) is 4.90 Å². The van der Waals surface area contributed by atoms with Crippen LogP contribution < -0.4 is 18.9 Å². The Morgan fingerprint density at radius 1 is 0.946 bits per heavy atom. The number of ether oxygens (including phenoxy) is 5. The maximum absolute atomic E-state index is 13.4. The lowest BCUT2D eigenvalue weighted by atomic mass is 9.94. The van der Waals surface area contributed by atoms with Gasteiger partial charge in [-0.1, -0.05) is 17.7 Å². The number of aliphatic hydroxyl groups excluding tert-OH is 1. The second-order valence-corrected chi connectivity index (χ2v) is 8.97. The quantitative estimate of drug-likeness (QED) is 0.193. The van der Waals surface area contributed by atoms with E-state index in [1.165, 1.54) is 45.5 Å². The van der Waals surface area contributed by atoms with Gasteiger partial charge in [0.05, 0.1) is 56.7 Å². The first kappa shape index (κ1) is 28.1. The SMILES string of the molecule is COc1cc(/C(O)=C2\C(=O)C(=O)N(CCCOC(C)C)C2c2ccc(OC)c(OC)c2)c(OC)cc1Cl. The van der Waals surface area contributed by atoms with Crippen LogP contribution in [0.3, 0.4) is 0 Å². The molecule has 1 amide bonds. The van der Waals surface area contributed by atoms with Gasteiger partial charge in [0, 0.05) is 19.2 Å². The number of benzene rings is 2. The van der Waals surface area contributed by atoms with E-state index in [4.69, 9.17) is 35.3 Å². The summed E-state index contributed by atoms with van der Waals surface area (Å²) in [5, 5.41) is 11.7. The largest absolute Gasteiger partial charge is 0.507 e. The van der Waals surface area contributed by atoms with Crippen LogP contribution in [0.2, 0.25) is 5.02 Å². The highest BCUT2D eigenvalue weighted by atomic mass is 35.5. The fraction of sp³-hybridized carbons (Fsp3) is 0.407. The molecule has 1 aliphatic rings. The van der Waals surface area contributed by atoms with Crippen LogP contribution in [0, 0.1) is 0 Å². The van der Waals surface area contributed by atoms with Crippen molar-refractivity contribution in [1.29, 1.82) is 0 Å². The number of amides is 1. The van der Waals surface area contributed by atoms with Crippen LogP contribution in [-0.4, -0.2) is 69.4 Å². The van der Waals surface area contributed by atoms with E-state index in [0.29, 0.717) is 30.1 Å². The minimum absolute atomic E-state index is 0.0319. The maximum Gasteiger partial charge on any atom is 0.295 e. The van der Waals surface area contributed by atoms with Crippen molar-refractivity contribution >= 4 is 29.1 Å². The minimum atomic E-state index is -0.898. The highest BCUT2D eigenvalue weighted by Gasteiger charge is 2.46. The van der Waals surface area contributed by atoms with Crippen molar-refractivity contribution in [3.05, 3.63) is 52.1 Å². The Bertz CT molecular complexity index is 1190. The van der Waals surface area contributed by atoms with Gasteiger partial charge in [0.1, 0.15) is 17.3 Å². The summed E-state index contributed by atoms with van der Waals surface area (Å²) in [6, 6.07) is 7.13. The maximum atomic E-state index is 13.4. The van der Waals surface area contributed by atoms with Gasteiger partial charge in [0.25, 0.3) is 11.7 Å². The van der Waals surface area contributed by atoms with Gasteiger partial charge >= 0.3 is 0 Å². The summed E-state index contributed by atoms with van der Waals surface area (Å²) in [7, 11) is 5.85. The van der Waals surface area contributed by atoms with Crippen LogP contribution in [0.5, 0.6) is 23.0 Å². The number of ketones is 1. The summed E-state index contributed by atoms with van der Waals surface area (Å²) in [6.45, 7) is 4.48. The van der Waals surface area contributed by atoms with Crippen molar-refractivity contribution in [2.45, 2.75) is 32.4 Å². The van der Waals surface area contributed by atoms with Crippen LogP contribution in [-0.2, 0) is 14.3 Å². The number of likely N-dealkylation sites (tertiary alicyclic amines) is 1. The molecule has 10 heteroatoms. The van der Waals surface area contributed by atoms with E-state index in [9.17, 15) is 14.7 Å². The predicted molar refractivity (Wildman–Crippen MR) is 139 cm³/mol. The number of aliphatic hydroxyl groups is 1. The van der Waals surface area contributed by atoms with Gasteiger partial charge in [-0.05, 0) is 44.0 Å². The first-order valence-corrected chi connectivity index (χ1v) is 12.1. The molecule has 1 atom stereocenters. The Balaban J connectivity index is 2.20. The van der Waals surface area contributed by atoms with Crippen molar-refractivity contribution in [2.75, 3.05) is 41.6 Å². The highest BCUT2D eigenvalue weighted by molar-refractivity contribution is 6.46. The molecule has 0 saturated carbocycles. The Hall–Kier alpha value is -3.43. The lowest BCUT2D eigenvalue weighted by Crippen LogP contribution is -2.31. The Labute approximate surface area is 221 Å². The Kier molecular flexibility index (Phi) is 9.29. The van der Waals surface area contributed by atoms with Gasteiger partial charge in [-0.15, -0.1) is 0 Å². The molecule has 0 aliphatic carbocycles. The number of hydrogen-bond acceptors (Lipinski definition) is 8. The van der Waals surface area contributed by atoms with E-state index in [1.54, 1.807) is 18.2 Å². The molecule has 37 heavy (non-hydrogen) atoms. The molecule has 1 aliphatic heterocycles. The summed E-state index contributed by atoms with van der Waals surface area (Å²) in [5.74, 6) is -0.579. The summed E-state index contributed by atoms with van der Waals surface area (Å²) in [5.41, 5.74) is 0.628. The van der Waals surface area contributed by atoms with Crippen LogP contribution >= 0.6 is 11.6 Å². The molecule has 9 nitrogen and oxygen atoms in total. The molecule has 2 aromatic rings. The zero-order chi connectivity index (χ0) is 27.3. The summed E-state index contributed by atoms with van der Waals surface area (Å²) in [4.78, 5) is 28.0. The second kappa shape index (κ2) is 12.2. The minimum Gasteiger partial charge on any atom is -0.507 e. The molecule has 200 valence electrons. The van der Waals surface area contributed by atoms with Gasteiger partial charge in [-0.2, -0.15) is 0 Å². The van der Waals surface area contributed by atoms with E-state index in [0.717, 1.165) is 0 Å². The van der Waals surface area contributed by atoms with Gasteiger partial charge < -0.3 is 33.7 Å². The first-order chi connectivity index (χ1) is 17.7. The first-order valence-electron chi connectivity index (χ1n) is 11.7. The lowest BCUT2D eigenvalue weighted by Gasteiger charge is -2.26. The highest BCUT2D eigenvalue weighted by Crippen LogP contribution is 2.44. The van der Waals surface area contributed by atoms with Crippen molar-refractivity contribution in [2.24, 2.45) is 0 Å². The average Bonchev–Trinajstić information content (AvgIpc) is 3.14. The molecule has 1 fully saturated rings. The number of carbonyl (C=O) groups excluding carboxylic acids is 2. The number of halogens is 1. The van der Waals surface area contributed by atoms with E-state index < -0.39 is 23.5 Å². The predicted octanol–water partition coefficient (Wildman–Crippen LogP) is 4.61. The summed E-state index contributed by atoms with van der Waals surface area (Å²) in [6.07, 6.45) is 0.525. The molecule has 0 radical (unpaired) electrons. The lowest BCUT2D eigenvalue weighted by molar-refractivity contribution is -0.140. The summed E-state index contributed by atoms with van der Waals surface area (Å²) >= 11 is 6.23. The molecule has 0 spiro atoms. The van der Waals surface area contributed by atoms with Gasteiger partial charge in [-0.3, -0.25) is 9.59 Å². The Morgan fingerprint density at radius 2 is 1.59 bits per heavy atom. The number of hydrogen-bond donors (Lipinski definition) is 1. The number of rotatable bonds is 11. The Morgan fingerprint density at radius 3 is 2.19 bits per heavy atom. The average molecular weight is 534 g/mol. The molecule has 3 rings (SSSR count). The second-order valence-electron chi connectivity index (χ2n) is 8.57. The van der Waals surface area contributed by atoms with Gasteiger partial charge in [0.2, 0.25) is 0 Å². The number of Topliss-reactive ketones (excluding diaryl/α,β-unsaturated/α-hetero) is 1. The number of carbonyl (C=O) groups is 2. The van der Waals surface area contributed by atoms with E-state index in [2.05, 4.69) is 0 Å². The molecule has 0 aromatic heterocycles. The summed E-state index contributed by atoms with van der Waals surface area (Å²) < 4.78 is 27.1. The zero-order valence-corrected chi connectivity index (χ0v) is 22.5. The normalized spacial score (nSPS) is 16.9. The topological polar surface area (TPSA) is 104 Å². The van der Waals surface area contributed by atoms with E-state index >= 15 is 0 Å². The molecule has 1 N–H and O–H groups in total. The molecular formula is C27H32ClNO8. The monoisotopic (exact) mass is 533 g/mol. The third kappa shape index (κ3) is 5.78.